The molecule has 2 N–H and O–H groups in total. The number of anilines is 2. The summed E-state index contributed by atoms with van der Waals surface area (Å²) in [6.45, 7) is 1.64. The van der Waals surface area contributed by atoms with Crippen molar-refractivity contribution in [1.29, 1.82) is 0 Å². The molecular formula is C15H13F6N3O4. The van der Waals surface area contributed by atoms with Crippen LogP contribution >= 0.6 is 0 Å². The molecule has 0 saturated carbocycles. The molecule has 1 unspecified atom stereocenters. The van der Waals surface area contributed by atoms with Crippen LogP contribution in [0.3, 0.4) is 0 Å². The summed E-state index contributed by atoms with van der Waals surface area (Å²) in [5.41, 5.74) is -8.60. The van der Waals surface area contributed by atoms with Crippen molar-refractivity contribution in [2.75, 3.05) is 10.2 Å². The topological polar surface area (TPSA) is 95.7 Å². The second-order valence-corrected chi connectivity index (χ2v) is 5.84. The summed E-state index contributed by atoms with van der Waals surface area (Å²) >= 11 is 0. The third-order valence-electron chi connectivity index (χ3n) is 3.95. The van der Waals surface area contributed by atoms with Crippen LogP contribution in [-0.4, -0.2) is 28.0 Å². The Balaban J connectivity index is 2.85. The Hall–Kier alpha value is -2.99. The maximum atomic E-state index is 13.9. The minimum Gasteiger partial charge on any atom is -0.465 e. The normalized spacial score (nSPS) is 19.6. The molecule has 28 heavy (non-hydrogen) atoms. The number of carbonyl (C=O) groups is 1. The van der Waals surface area contributed by atoms with Gasteiger partial charge in [-0.25, -0.2) is 9.69 Å². The van der Waals surface area contributed by atoms with Crippen LogP contribution in [0.5, 0.6) is 0 Å². The number of nitrogens with zero attached hydrogens (tertiary/aromatic N) is 2. The molecule has 0 aromatic heterocycles. The van der Waals surface area contributed by atoms with E-state index < -0.39 is 51.7 Å². The number of carboxylic acid groups (broad SMARTS) is 1. The number of hydrogen-bond acceptors (Lipinski definition) is 4. The van der Waals surface area contributed by atoms with Gasteiger partial charge in [-0.1, -0.05) is 19.4 Å². The Morgan fingerprint density at radius 3 is 2.36 bits per heavy atom. The average Bonchev–Trinajstić information content (AvgIpc) is 2.88. The predicted molar refractivity (Wildman–Crippen MR) is 85.1 cm³/mol. The number of fused-ring (bicyclic) bond motifs is 1. The Morgan fingerprint density at radius 1 is 1.32 bits per heavy atom. The lowest BCUT2D eigenvalue weighted by Crippen LogP contribution is -2.61. The van der Waals surface area contributed by atoms with Gasteiger partial charge in [0.2, 0.25) is 5.66 Å². The number of amides is 1. The van der Waals surface area contributed by atoms with E-state index >= 15 is 0 Å². The number of rotatable bonds is 4. The molecule has 0 saturated heterocycles. The Kier molecular flexibility index (Phi) is 5.23. The van der Waals surface area contributed by atoms with E-state index in [1.807, 2.05) is 0 Å². The molecule has 154 valence electrons. The molecule has 1 aliphatic heterocycles. The number of benzene rings is 1. The van der Waals surface area contributed by atoms with Crippen molar-refractivity contribution in [2.45, 2.75) is 37.8 Å². The summed E-state index contributed by atoms with van der Waals surface area (Å²) in [6.07, 6.45) is -10.7. The summed E-state index contributed by atoms with van der Waals surface area (Å²) in [4.78, 5) is 21.1. The molecule has 1 aliphatic rings. The number of alkyl halides is 6. The van der Waals surface area contributed by atoms with Crippen LogP contribution < -0.4 is 10.2 Å². The number of unbranched alkanes of at least 4 members (excludes halogenated alkanes) is 1. The molecule has 1 heterocycles. The SMILES string of the molecule is CCCC=CC1(C(F)(F)F)Nc2cc(C(F)(F)F)cc([N+](=O)[O-])c2N1C(=O)O. The van der Waals surface area contributed by atoms with E-state index in [4.69, 9.17) is 0 Å². The van der Waals surface area contributed by atoms with E-state index in [1.165, 1.54) is 0 Å². The number of nitrogens with one attached hydrogen (secondary N) is 1. The molecule has 7 nitrogen and oxygen atoms in total. The standard InChI is InChI=1S/C15H13F6N3O4/c1-2-3-4-5-13(15(19,20)21)22-9-6-8(14(16,17)18)7-10(24(27)28)11(9)23(13)12(25)26/h4-7,22H,2-3H2,1H3,(H,25,26). The lowest BCUT2D eigenvalue weighted by atomic mass is 10.1. The van der Waals surface area contributed by atoms with Crippen LogP contribution in [-0.2, 0) is 6.18 Å². The summed E-state index contributed by atoms with van der Waals surface area (Å²) in [6, 6.07) is 0.206. The highest BCUT2D eigenvalue weighted by atomic mass is 19.4. The van der Waals surface area contributed by atoms with Crippen molar-refractivity contribution in [3.63, 3.8) is 0 Å². The molecule has 0 spiro atoms. The maximum Gasteiger partial charge on any atom is 0.434 e. The molecular weight excluding hydrogens is 400 g/mol. The van der Waals surface area contributed by atoms with Gasteiger partial charge in [-0.15, -0.1) is 0 Å². The second kappa shape index (κ2) is 6.87. The first kappa shape index (κ1) is 21.3. The zero-order valence-electron chi connectivity index (χ0n) is 14.1. The van der Waals surface area contributed by atoms with E-state index in [2.05, 4.69) is 0 Å². The molecule has 0 bridgehead atoms. The van der Waals surface area contributed by atoms with Gasteiger partial charge in [0.15, 0.2) is 5.69 Å². The molecule has 0 radical (unpaired) electrons. The highest BCUT2D eigenvalue weighted by Crippen LogP contribution is 2.53. The average molecular weight is 413 g/mol. The quantitative estimate of drug-likeness (QED) is 0.309. The van der Waals surface area contributed by atoms with Gasteiger partial charge in [0.25, 0.3) is 5.69 Å². The summed E-state index contributed by atoms with van der Waals surface area (Å²) in [7, 11) is 0. The molecule has 1 aromatic carbocycles. The molecule has 1 aromatic rings. The van der Waals surface area contributed by atoms with Crippen molar-refractivity contribution in [3.05, 3.63) is 40.0 Å². The summed E-state index contributed by atoms with van der Waals surface area (Å²) in [5, 5.41) is 22.3. The molecule has 0 fully saturated rings. The molecule has 1 atom stereocenters. The third kappa shape index (κ3) is 3.43. The van der Waals surface area contributed by atoms with Crippen LogP contribution in [0, 0.1) is 10.1 Å². The van der Waals surface area contributed by atoms with Crippen molar-refractivity contribution in [1.82, 2.24) is 0 Å². The fraction of sp³-hybridized carbons (Fsp3) is 0.400. The largest absolute Gasteiger partial charge is 0.465 e. The number of halogens is 6. The smallest absolute Gasteiger partial charge is 0.434 e. The zero-order chi connectivity index (χ0) is 21.5. The fourth-order valence-electron chi connectivity index (χ4n) is 2.77. The van der Waals surface area contributed by atoms with Crippen molar-refractivity contribution >= 4 is 23.2 Å². The van der Waals surface area contributed by atoms with E-state index in [0.717, 1.165) is 6.08 Å². The number of nitro benzene ring substituents is 1. The van der Waals surface area contributed by atoms with Crippen LogP contribution in [0.4, 0.5) is 48.2 Å². The van der Waals surface area contributed by atoms with Crippen LogP contribution in [0.15, 0.2) is 24.3 Å². The fourth-order valence-corrected chi connectivity index (χ4v) is 2.77. The van der Waals surface area contributed by atoms with Gasteiger partial charge in [-0.05, 0) is 18.6 Å². The highest BCUT2D eigenvalue weighted by Gasteiger charge is 2.65. The van der Waals surface area contributed by atoms with Crippen molar-refractivity contribution in [3.8, 4) is 0 Å². The van der Waals surface area contributed by atoms with Crippen molar-refractivity contribution < 1.29 is 41.2 Å². The number of allylic oxidation sites excluding steroid dienone is 1. The van der Waals surface area contributed by atoms with Gasteiger partial charge in [0.1, 0.15) is 0 Å². The third-order valence-corrected chi connectivity index (χ3v) is 3.95. The van der Waals surface area contributed by atoms with Crippen LogP contribution in [0.1, 0.15) is 25.3 Å². The van der Waals surface area contributed by atoms with E-state index in [0.29, 0.717) is 12.5 Å². The Morgan fingerprint density at radius 2 is 1.93 bits per heavy atom. The van der Waals surface area contributed by atoms with Gasteiger partial charge in [-0.3, -0.25) is 10.1 Å². The first-order chi connectivity index (χ1) is 12.8. The first-order valence-corrected chi connectivity index (χ1v) is 7.71. The zero-order valence-corrected chi connectivity index (χ0v) is 14.1. The molecule has 13 heteroatoms. The number of hydrogen-bond donors (Lipinski definition) is 2. The monoisotopic (exact) mass is 413 g/mol. The lowest BCUT2D eigenvalue weighted by Gasteiger charge is -2.35. The number of nitro groups is 1. The van der Waals surface area contributed by atoms with Gasteiger partial charge in [-0.2, -0.15) is 26.3 Å². The minimum absolute atomic E-state index is 0.00132. The van der Waals surface area contributed by atoms with Crippen molar-refractivity contribution in [2.24, 2.45) is 0 Å². The summed E-state index contributed by atoms with van der Waals surface area (Å²) < 4.78 is 80.7. The van der Waals surface area contributed by atoms with E-state index in [9.17, 15) is 46.4 Å². The molecule has 1 amide bonds. The van der Waals surface area contributed by atoms with Gasteiger partial charge in [0.05, 0.1) is 16.2 Å². The summed E-state index contributed by atoms with van der Waals surface area (Å²) in [5.74, 6) is 0. The second-order valence-electron chi connectivity index (χ2n) is 5.84. The van der Waals surface area contributed by atoms with E-state index in [1.54, 1.807) is 12.2 Å². The van der Waals surface area contributed by atoms with E-state index in [-0.39, 0.29) is 23.5 Å². The van der Waals surface area contributed by atoms with Gasteiger partial charge < -0.3 is 10.4 Å². The van der Waals surface area contributed by atoms with Crippen LogP contribution in [0.2, 0.25) is 0 Å². The maximum absolute atomic E-state index is 13.9. The van der Waals surface area contributed by atoms with Crippen LogP contribution in [0.25, 0.3) is 0 Å². The molecule has 2 rings (SSSR count). The lowest BCUT2D eigenvalue weighted by molar-refractivity contribution is -0.384. The first-order valence-electron chi connectivity index (χ1n) is 7.71. The molecule has 0 aliphatic carbocycles. The predicted octanol–water partition coefficient (Wildman–Crippen LogP) is 5.14. The van der Waals surface area contributed by atoms with Gasteiger partial charge in [0, 0.05) is 6.07 Å². The van der Waals surface area contributed by atoms with Gasteiger partial charge >= 0.3 is 18.4 Å². The Bertz CT molecular complexity index is 836. The highest BCUT2D eigenvalue weighted by molar-refractivity contribution is 6.02. The minimum atomic E-state index is -5.35. The Labute approximate surface area is 153 Å².